The summed E-state index contributed by atoms with van der Waals surface area (Å²) in [6.07, 6.45) is 2.05. The number of hydrogen-bond acceptors (Lipinski definition) is 4. The highest BCUT2D eigenvalue weighted by Crippen LogP contribution is 2.52. The van der Waals surface area contributed by atoms with Gasteiger partial charge in [-0.15, -0.1) is 0 Å². The van der Waals surface area contributed by atoms with E-state index in [-0.39, 0.29) is 16.2 Å². The number of nitrogens with zero attached hydrogens (tertiary/aromatic N) is 4. The SMILES string of the molecule is CC(C)(C)c1ccc(-c2ccc(-c3cccc(-c4ccccc4C(C)(C)C)c3N3CN(c4cccc(Oc5ccc6c7ccccc7n(-c7cc(C(C)(C)C)c(-c8ccccc8)cn7)c6c5)c4)c4ccccc43)cc2)cc1. The molecule has 0 saturated heterocycles. The topological polar surface area (TPSA) is 33.5 Å². The van der Waals surface area contributed by atoms with Crippen molar-refractivity contribution in [3.05, 3.63) is 241 Å². The van der Waals surface area contributed by atoms with Crippen molar-refractivity contribution < 1.29 is 4.74 Å². The zero-order valence-electron chi connectivity index (χ0n) is 45.8. The van der Waals surface area contributed by atoms with Gasteiger partial charge in [0.1, 0.15) is 24.0 Å². The Hall–Kier alpha value is -8.67. The average molecular weight is 1000 g/mol. The Morgan fingerprint density at radius 3 is 1.69 bits per heavy atom. The lowest BCUT2D eigenvalue weighted by molar-refractivity contribution is 0.483. The highest BCUT2D eigenvalue weighted by Gasteiger charge is 2.33. The number of para-hydroxylation sites is 4. The van der Waals surface area contributed by atoms with Gasteiger partial charge in [0.15, 0.2) is 0 Å². The summed E-state index contributed by atoms with van der Waals surface area (Å²) >= 11 is 0. The normalized spacial score (nSPS) is 12.9. The monoisotopic (exact) mass is 1000 g/mol. The van der Waals surface area contributed by atoms with E-state index >= 15 is 0 Å². The Kier molecular flexibility index (Phi) is 12.3. The molecule has 77 heavy (non-hydrogen) atoms. The van der Waals surface area contributed by atoms with Gasteiger partial charge in [-0.25, -0.2) is 4.98 Å². The number of anilines is 4. The molecule has 0 amide bonds. The minimum absolute atomic E-state index is 0.0780. The average Bonchev–Trinajstić information content (AvgIpc) is 4.09. The van der Waals surface area contributed by atoms with Crippen LogP contribution in [-0.2, 0) is 16.2 Å². The first-order valence-corrected chi connectivity index (χ1v) is 27.0. The number of fused-ring (bicyclic) bond motifs is 4. The molecule has 0 fully saturated rings. The molecule has 12 rings (SSSR count). The van der Waals surface area contributed by atoms with E-state index in [1.165, 1.54) is 61.1 Å². The number of ether oxygens (including phenoxy) is 1. The maximum atomic E-state index is 6.91. The molecule has 0 saturated carbocycles. The predicted octanol–water partition coefficient (Wildman–Crippen LogP) is 19.8. The Morgan fingerprint density at radius 2 is 0.961 bits per heavy atom. The highest BCUT2D eigenvalue weighted by molar-refractivity contribution is 6.09. The molecule has 11 aromatic rings. The maximum absolute atomic E-state index is 6.91. The summed E-state index contributed by atoms with van der Waals surface area (Å²) in [5.41, 5.74) is 20.0. The van der Waals surface area contributed by atoms with Gasteiger partial charge in [0.2, 0.25) is 0 Å². The van der Waals surface area contributed by atoms with Crippen molar-refractivity contribution >= 4 is 44.6 Å². The molecule has 1 aliphatic rings. The molecule has 1 aliphatic heterocycles. The van der Waals surface area contributed by atoms with Crippen molar-refractivity contribution in [2.24, 2.45) is 0 Å². The van der Waals surface area contributed by atoms with Crippen molar-refractivity contribution in [2.75, 3.05) is 16.5 Å². The molecule has 2 aromatic heterocycles. The van der Waals surface area contributed by atoms with E-state index in [4.69, 9.17) is 9.72 Å². The van der Waals surface area contributed by atoms with Gasteiger partial charge in [0.05, 0.1) is 28.1 Å². The van der Waals surface area contributed by atoms with Crippen LogP contribution in [0.25, 0.3) is 72.1 Å². The van der Waals surface area contributed by atoms with Gasteiger partial charge < -0.3 is 14.5 Å². The number of benzene rings is 9. The van der Waals surface area contributed by atoms with Gasteiger partial charge in [0.25, 0.3) is 0 Å². The fourth-order valence-corrected chi connectivity index (χ4v) is 11.4. The summed E-state index contributed by atoms with van der Waals surface area (Å²) < 4.78 is 9.21. The first-order chi connectivity index (χ1) is 37.1. The molecular formula is C72H66N4O. The molecule has 0 bridgehead atoms. The van der Waals surface area contributed by atoms with Crippen LogP contribution in [0.3, 0.4) is 0 Å². The number of hydrogen-bond donors (Lipinski definition) is 0. The molecule has 5 heteroatoms. The van der Waals surface area contributed by atoms with Crippen molar-refractivity contribution in [2.45, 2.75) is 78.6 Å². The zero-order chi connectivity index (χ0) is 53.2. The molecule has 0 spiro atoms. The zero-order valence-corrected chi connectivity index (χ0v) is 45.8. The minimum atomic E-state index is -0.121. The second-order valence-electron chi connectivity index (χ2n) is 23.7. The molecule has 0 aliphatic carbocycles. The molecule has 0 unspecified atom stereocenters. The van der Waals surface area contributed by atoms with E-state index in [1.54, 1.807) is 0 Å². The third-order valence-electron chi connectivity index (χ3n) is 15.4. The van der Waals surface area contributed by atoms with Gasteiger partial charge in [-0.2, -0.15) is 0 Å². The van der Waals surface area contributed by atoms with E-state index in [9.17, 15) is 0 Å². The van der Waals surface area contributed by atoms with Crippen LogP contribution in [0.2, 0.25) is 0 Å². The Balaban J connectivity index is 0.919. The molecule has 9 aromatic carbocycles. The van der Waals surface area contributed by atoms with Crippen LogP contribution in [0.4, 0.5) is 22.7 Å². The van der Waals surface area contributed by atoms with Gasteiger partial charge in [0, 0.05) is 51.5 Å². The quantitative estimate of drug-likeness (QED) is 0.144. The van der Waals surface area contributed by atoms with E-state index in [0.29, 0.717) is 6.67 Å². The minimum Gasteiger partial charge on any atom is -0.457 e. The third-order valence-corrected chi connectivity index (χ3v) is 15.4. The van der Waals surface area contributed by atoms with Gasteiger partial charge in [-0.1, -0.05) is 220 Å². The summed E-state index contributed by atoms with van der Waals surface area (Å²) in [4.78, 5) is 10.1. The van der Waals surface area contributed by atoms with Gasteiger partial charge >= 0.3 is 0 Å². The van der Waals surface area contributed by atoms with Crippen LogP contribution < -0.4 is 14.5 Å². The fraction of sp³-hybridized carbons (Fsp3) is 0.181. The smallest absolute Gasteiger partial charge is 0.137 e. The van der Waals surface area contributed by atoms with Gasteiger partial charge in [-0.05, 0) is 109 Å². The van der Waals surface area contributed by atoms with Crippen LogP contribution in [0.1, 0.15) is 79.0 Å². The predicted molar refractivity (Wildman–Crippen MR) is 325 cm³/mol. The molecule has 0 atom stereocenters. The first kappa shape index (κ1) is 49.2. The summed E-state index contributed by atoms with van der Waals surface area (Å²) in [5, 5.41) is 2.32. The summed E-state index contributed by atoms with van der Waals surface area (Å²) in [6, 6.07) is 79.2. The second-order valence-corrected chi connectivity index (χ2v) is 23.7. The molecular weight excluding hydrogens is 937 g/mol. The van der Waals surface area contributed by atoms with Crippen molar-refractivity contribution in [3.63, 3.8) is 0 Å². The summed E-state index contributed by atoms with van der Waals surface area (Å²) in [7, 11) is 0. The Morgan fingerprint density at radius 1 is 0.390 bits per heavy atom. The van der Waals surface area contributed by atoms with E-state index in [0.717, 1.165) is 61.9 Å². The molecule has 5 nitrogen and oxygen atoms in total. The maximum Gasteiger partial charge on any atom is 0.137 e. The lowest BCUT2D eigenvalue weighted by Crippen LogP contribution is -2.25. The van der Waals surface area contributed by atoms with Crippen LogP contribution in [-0.4, -0.2) is 16.2 Å². The first-order valence-electron chi connectivity index (χ1n) is 27.0. The third kappa shape index (κ3) is 9.24. The van der Waals surface area contributed by atoms with Crippen molar-refractivity contribution in [3.8, 4) is 61.8 Å². The summed E-state index contributed by atoms with van der Waals surface area (Å²) in [6.45, 7) is 21.2. The second kappa shape index (κ2) is 19.2. The highest BCUT2D eigenvalue weighted by atomic mass is 16.5. The number of rotatable bonds is 9. The van der Waals surface area contributed by atoms with E-state index in [1.807, 2.05) is 6.20 Å². The van der Waals surface area contributed by atoms with Crippen LogP contribution in [0.5, 0.6) is 11.5 Å². The number of pyridine rings is 1. The summed E-state index contributed by atoms with van der Waals surface area (Å²) in [5.74, 6) is 2.39. The van der Waals surface area contributed by atoms with Gasteiger partial charge in [-0.3, -0.25) is 4.57 Å². The van der Waals surface area contributed by atoms with E-state index in [2.05, 4.69) is 295 Å². The Bertz CT molecular complexity index is 3980. The molecule has 0 radical (unpaired) electrons. The van der Waals surface area contributed by atoms with Crippen LogP contribution >= 0.6 is 0 Å². The largest absolute Gasteiger partial charge is 0.457 e. The number of aromatic nitrogens is 2. The van der Waals surface area contributed by atoms with Crippen LogP contribution in [0, 0.1) is 0 Å². The fourth-order valence-electron chi connectivity index (χ4n) is 11.4. The van der Waals surface area contributed by atoms with Crippen molar-refractivity contribution in [1.82, 2.24) is 9.55 Å². The lowest BCUT2D eigenvalue weighted by atomic mass is 9.81. The lowest BCUT2D eigenvalue weighted by Gasteiger charge is -2.29. The molecule has 380 valence electrons. The van der Waals surface area contributed by atoms with E-state index < -0.39 is 0 Å². The van der Waals surface area contributed by atoms with Crippen molar-refractivity contribution in [1.29, 1.82) is 0 Å². The standard InChI is InChI=1S/C72H66N4O/c1-70(2,3)52-39-37-49(38-40-52)48-33-35-51(36-34-48)56-27-20-28-60(57-25-13-15-29-62(57)71(4,5)6)69(56)75-47-74(65-31-17-18-32-66(65)75)53-23-19-24-54(43-53)77-55-41-42-59-58-26-14-16-30-64(58)76(67(59)44-55)68-45-63(72(7,8)9)61(46-73-68)50-21-11-10-12-22-50/h10-46H,47H2,1-9H3. The Labute approximate surface area is 454 Å². The van der Waals surface area contributed by atoms with Crippen LogP contribution in [0.15, 0.2) is 225 Å². The molecule has 3 heterocycles. The molecule has 0 N–H and O–H groups in total.